The topological polar surface area (TPSA) is 45.2 Å². The van der Waals surface area contributed by atoms with Crippen LogP contribution < -0.4 is 14.4 Å². The van der Waals surface area contributed by atoms with Crippen LogP contribution in [0.5, 0.6) is 11.5 Å². The van der Waals surface area contributed by atoms with Crippen LogP contribution in [0, 0.1) is 5.82 Å². The summed E-state index contributed by atoms with van der Waals surface area (Å²) in [6.45, 7) is 7.91. The second kappa shape index (κ2) is 13.9. The summed E-state index contributed by atoms with van der Waals surface area (Å²) in [6, 6.07) is 14.2. The van der Waals surface area contributed by atoms with Gasteiger partial charge >= 0.3 is 0 Å². The first-order chi connectivity index (χ1) is 14.8. The van der Waals surface area contributed by atoms with Crippen molar-refractivity contribution >= 4 is 30.5 Å². The largest absolute Gasteiger partial charge is 0.492 e. The molecule has 0 aliphatic carbocycles. The lowest BCUT2D eigenvalue weighted by molar-refractivity contribution is -0.0276. The van der Waals surface area contributed by atoms with Gasteiger partial charge in [0.05, 0.1) is 11.7 Å². The van der Waals surface area contributed by atoms with Gasteiger partial charge in [-0.05, 0) is 81.6 Å². The lowest BCUT2D eigenvalue weighted by Crippen LogP contribution is -2.46. The lowest BCUT2D eigenvalue weighted by Gasteiger charge is -2.39. The van der Waals surface area contributed by atoms with E-state index in [1.165, 1.54) is 12.1 Å². The van der Waals surface area contributed by atoms with Crippen molar-refractivity contribution in [3.63, 3.8) is 0 Å². The SMILES string of the molecule is CC(C)Oc1ccc(N(C)CCC2(O)CCN(CCOc3ccc(F)cc3)CC2)cc1.Cl.Cl. The Kier molecular flexibility index (Phi) is 12.3. The Morgan fingerprint density at radius 2 is 1.58 bits per heavy atom. The predicted molar refractivity (Wildman–Crippen MR) is 137 cm³/mol. The van der Waals surface area contributed by atoms with Crippen LogP contribution in [0.1, 0.15) is 33.1 Å². The van der Waals surface area contributed by atoms with Crippen LogP contribution in [0.15, 0.2) is 48.5 Å². The number of likely N-dealkylation sites (tertiary alicyclic amines) is 1. The summed E-state index contributed by atoms with van der Waals surface area (Å²) in [6.07, 6.45) is 2.43. The van der Waals surface area contributed by atoms with E-state index in [9.17, 15) is 9.50 Å². The summed E-state index contributed by atoms with van der Waals surface area (Å²) >= 11 is 0. The number of nitrogens with zero attached hydrogens (tertiary/aromatic N) is 2. The van der Waals surface area contributed by atoms with Crippen molar-refractivity contribution in [1.82, 2.24) is 4.90 Å². The summed E-state index contributed by atoms with van der Waals surface area (Å²) in [5.74, 6) is 1.30. The standard InChI is InChI=1S/C25H35FN2O3.2ClH/c1-20(2)31-24-10-6-22(7-11-24)27(3)15-12-25(29)13-16-28(17-14-25)18-19-30-23-8-4-21(26)5-9-23;;/h4-11,20,29H,12-19H2,1-3H3;2*1H. The van der Waals surface area contributed by atoms with Crippen LogP contribution in [0.25, 0.3) is 0 Å². The number of aliphatic hydroxyl groups is 1. The highest BCUT2D eigenvalue weighted by Gasteiger charge is 2.32. The molecule has 0 spiro atoms. The molecule has 0 aromatic heterocycles. The van der Waals surface area contributed by atoms with E-state index in [-0.39, 0.29) is 36.7 Å². The quantitative estimate of drug-likeness (QED) is 0.484. The molecule has 1 heterocycles. The third kappa shape index (κ3) is 9.57. The summed E-state index contributed by atoms with van der Waals surface area (Å²) < 4.78 is 24.3. The normalized spacial score (nSPS) is 15.3. The maximum Gasteiger partial charge on any atom is 0.123 e. The molecule has 0 atom stereocenters. The van der Waals surface area contributed by atoms with Gasteiger partial charge < -0.3 is 19.5 Å². The van der Waals surface area contributed by atoms with Gasteiger partial charge in [-0.2, -0.15) is 0 Å². The molecule has 1 saturated heterocycles. The van der Waals surface area contributed by atoms with E-state index >= 15 is 0 Å². The molecule has 2 aromatic carbocycles. The molecule has 3 rings (SSSR count). The summed E-state index contributed by atoms with van der Waals surface area (Å²) in [5.41, 5.74) is 0.499. The minimum Gasteiger partial charge on any atom is -0.492 e. The number of ether oxygens (including phenoxy) is 2. The van der Waals surface area contributed by atoms with Crippen LogP contribution in [-0.2, 0) is 0 Å². The second-order valence-electron chi connectivity index (χ2n) is 8.70. The van der Waals surface area contributed by atoms with Crippen molar-refractivity contribution in [2.45, 2.75) is 44.8 Å². The van der Waals surface area contributed by atoms with Gasteiger partial charge in [0.1, 0.15) is 23.9 Å². The van der Waals surface area contributed by atoms with Gasteiger partial charge in [-0.15, -0.1) is 24.8 Å². The zero-order chi connectivity index (χ0) is 22.3. The number of rotatable bonds is 10. The molecular weight excluding hydrogens is 466 g/mol. The molecule has 1 aliphatic rings. The molecule has 5 nitrogen and oxygen atoms in total. The first kappa shape index (κ1) is 29.3. The van der Waals surface area contributed by atoms with E-state index < -0.39 is 5.60 Å². The number of benzene rings is 2. The molecular formula is C25H37Cl2FN2O3. The van der Waals surface area contributed by atoms with Gasteiger partial charge in [0.15, 0.2) is 0 Å². The highest BCUT2D eigenvalue weighted by atomic mass is 35.5. The molecule has 0 amide bonds. The van der Waals surface area contributed by atoms with Gasteiger partial charge in [-0.25, -0.2) is 4.39 Å². The first-order valence-electron chi connectivity index (χ1n) is 11.1. The molecule has 1 fully saturated rings. The van der Waals surface area contributed by atoms with Crippen molar-refractivity contribution in [1.29, 1.82) is 0 Å². The van der Waals surface area contributed by atoms with Crippen LogP contribution in [-0.4, -0.2) is 61.5 Å². The third-order valence-corrected chi connectivity index (χ3v) is 5.84. The van der Waals surface area contributed by atoms with Crippen molar-refractivity contribution < 1.29 is 19.0 Å². The summed E-state index contributed by atoms with van der Waals surface area (Å²) in [4.78, 5) is 4.50. The van der Waals surface area contributed by atoms with Crippen molar-refractivity contribution in [3.05, 3.63) is 54.3 Å². The maximum absolute atomic E-state index is 12.9. The highest BCUT2D eigenvalue weighted by molar-refractivity contribution is 5.85. The Morgan fingerprint density at radius 3 is 2.15 bits per heavy atom. The number of anilines is 1. The third-order valence-electron chi connectivity index (χ3n) is 5.84. The molecule has 2 aromatic rings. The lowest BCUT2D eigenvalue weighted by atomic mass is 9.88. The zero-order valence-corrected chi connectivity index (χ0v) is 21.3. The van der Waals surface area contributed by atoms with Gasteiger partial charge in [-0.1, -0.05) is 0 Å². The first-order valence-corrected chi connectivity index (χ1v) is 11.1. The Bertz CT molecular complexity index is 798. The van der Waals surface area contributed by atoms with Crippen LogP contribution in [0.4, 0.5) is 10.1 Å². The molecule has 33 heavy (non-hydrogen) atoms. The maximum atomic E-state index is 12.9. The monoisotopic (exact) mass is 502 g/mol. The van der Waals surface area contributed by atoms with E-state index in [2.05, 4.69) is 29.0 Å². The minimum atomic E-state index is -0.622. The van der Waals surface area contributed by atoms with Gasteiger partial charge in [-0.3, -0.25) is 4.90 Å². The highest BCUT2D eigenvalue weighted by Crippen LogP contribution is 2.27. The van der Waals surface area contributed by atoms with Gasteiger partial charge in [0.2, 0.25) is 0 Å². The fourth-order valence-corrected chi connectivity index (χ4v) is 3.82. The van der Waals surface area contributed by atoms with Crippen molar-refractivity contribution in [3.8, 4) is 11.5 Å². The average molecular weight is 503 g/mol. The molecule has 8 heteroatoms. The van der Waals surface area contributed by atoms with E-state index in [1.807, 2.05) is 26.0 Å². The van der Waals surface area contributed by atoms with Crippen LogP contribution in [0.3, 0.4) is 0 Å². The molecule has 186 valence electrons. The fraction of sp³-hybridized carbons (Fsp3) is 0.520. The minimum absolute atomic E-state index is 0. The van der Waals surface area contributed by atoms with E-state index in [0.29, 0.717) is 12.4 Å². The van der Waals surface area contributed by atoms with Crippen LogP contribution in [0.2, 0.25) is 0 Å². The molecule has 0 unspecified atom stereocenters. The summed E-state index contributed by atoms with van der Waals surface area (Å²) in [5, 5.41) is 11.0. The molecule has 0 saturated carbocycles. The number of hydrogen-bond acceptors (Lipinski definition) is 5. The Labute approximate surface area is 209 Å². The Balaban J connectivity index is 0.00000272. The number of hydrogen-bond donors (Lipinski definition) is 1. The van der Waals surface area contributed by atoms with E-state index in [1.54, 1.807) is 12.1 Å². The predicted octanol–water partition coefficient (Wildman–Crippen LogP) is 5.19. The molecule has 1 N–H and O–H groups in total. The molecule has 0 radical (unpaired) electrons. The van der Waals surface area contributed by atoms with Gasteiger partial charge in [0, 0.05) is 38.9 Å². The number of piperidine rings is 1. The van der Waals surface area contributed by atoms with Crippen molar-refractivity contribution in [2.24, 2.45) is 0 Å². The van der Waals surface area contributed by atoms with E-state index in [4.69, 9.17) is 9.47 Å². The zero-order valence-electron chi connectivity index (χ0n) is 19.7. The second-order valence-corrected chi connectivity index (χ2v) is 8.70. The van der Waals surface area contributed by atoms with E-state index in [0.717, 1.165) is 56.9 Å². The Hall–Kier alpha value is -1.73. The van der Waals surface area contributed by atoms with Crippen LogP contribution >= 0.6 is 24.8 Å². The fourth-order valence-electron chi connectivity index (χ4n) is 3.82. The Morgan fingerprint density at radius 1 is 1.00 bits per heavy atom. The van der Waals surface area contributed by atoms with Gasteiger partial charge in [0.25, 0.3) is 0 Å². The van der Waals surface area contributed by atoms with Crippen molar-refractivity contribution in [2.75, 3.05) is 44.7 Å². The summed E-state index contributed by atoms with van der Waals surface area (Å²) in [7, 11) is 2.06. The number of halogens is 3. The average Bonchev–Trinajstić information content (AvgIpc) is 2.75. The smallest absolute Gasteiger partial charge is 0.123 e. The molecule has 0 bridgehead atoms. The molecule has 1 aliphatic heterocycles.